The molecule has 1 atom stereocenters. The lowest BCUT2D eigenvalue weighted by Crippen LogP contribution is -2.14. The van der Waals surface area contributed by atoms with E-state index in [0.717, 1.165) is 37.4 Å². The molecule has 0 aliphatic carbocycles. The molecule has 0 saturated carbocycles. The third-order valence-electron chi connectivity index (χ3n) is 2.64. The number of hydrogen-bond donors (Lipinski definition) is 3. The highest BCUT2D eigenvalue weighted by Gasteiger charge is 2.04. The molecule has 1 aromatic heterocycles. The Labute approximate surface area is 109 Å². The SMILES string of the molecule is CCCNc1nc(C)cc(NCC(C)CCO)n1. The van der Waals surface area contributed by atoms with Gasteiger partial charge in [0.15, 0.2) is 0 Å². The Morgan fingerprint density at radius 2 is 2.11 bits per heavy atom. The molecule has 1 rings (SSSR count). The Balaban J connectivity index is 2.56. The lowest BCUT2D eigenvalue weighted by atomic mass is 10.1. The first kappa shape index (κ1) is 14.7. The predicted octanol–water partition coefficient (Wildman–Crippen LogP) is 2.04. The zero-order valence-corrected chi connectivity index (χ0v) is 11.5. The number of hydrogen-bond acceptors (Lipinski definition) is 5. The van der Waals surface area contributed by atoms with Gasteiger partial charge < -0.3 is 15.7 Å². The topological polar surface area (TPSA) is 70.1 Å². The molecular formula is C13H24N4O. The molecule has 1 unspecified atom stereocenters. The molecule has 5 heteroatoms. The van der Waals surface area contributed by atoms with Crippen LogP contribution < -0.4 is 10.6 Å². The van der Waals surface area contributed by atoms with Crippen molar-refractivity contribution in [3.63, 3.8) is 0 Å². The summed E-state index contributed by atoms with van der Waals surface area (Å²) in [6.45, 7) is 8.09. The number of aliphatic hydroxyl groups is 1. The summed E-state index contributed by atoms with van der Waals surface area (Å²) in [5, 5.41) is 15.3. The highest BCUT2D eigenvalue weighted by Crippen LogP contribution is 2.11. The van der Waals surface area contributed by atoms with Crippen molar-refractivity contribution in [2.45, 2.75) is 33.6 Å². The summed E-state index contributed by atoms with van der Waals surface area (Å²) in [4.78, 5) is 8.74. The standard InChI is InChI=1S/C13H24N4O/c1-4-6-14-13-16-11(3)8-12(17-13)15-9-10(2)5-7-18/h8,10,18H,4-7,9H2,1-3H3,(H2,14,15,16,17). The fraction of sp³-hybridized carbons (Fsp3) is 0.692. The van der Waals surface area contributed by atoms with E-state index in [1.165, 1.54) is 0 Å². The van der Waals surface area contributed by atoms with Gasteiger partial charge in [-0.2, -0.15) is 4.98 Å². The molecule has 102 valence electrons. The van der Waals surface area contributed by atoms with Crippen LogP contribution in [-0.2, 0) is 0 Å². The molecule has 0 amide bonds. The van der Waals surface area contributed by atoms with Gasteiger partial charge in [0.25, 0.3) is 0 Å². The molecule has 0 aliphatic heterocycles. The van der Waals surface area contributed by atoms with Gasteiger partial charge in [-0.15, -0.1) is 0 Å². The number of aliphatic hydroxyl groups excluding tert-OH is 1. The highest BCUT2D eigenvalue weighted by atomic mass is 16.3. The quantitative estimate of drug-likeness (QED) is 0.660. The van der Waals surface area contributed by atoms with Gasteiger partial charge in [0.1, 0.15) is 5.82 Å². The minimum atomic E-state index is 0.231. The zero-order chi connectivity index (χ0) is 13.4. The van der Waals surface area contributed by atoms with E-state index in [4.69, 9.17) is 5.11 Å². The second kappa shape index (κ2) is 7.87. The first-order valence-electron chi connectivity index (χ1n) is 6.60. The number of anilines is 2. The Morgan fingerprint density at radius 3 is 2.78 bits per heavy atom. The van der Waals surface area contributed by atoms with Crippen LogP contribution in [0.25, 0.3) is 0 Å². The molecule has 1 aromatic rings. The van der Waals surface area contributed by atoms with Gasteiger partial charge in [-0.05, 0) is 25.7 Å². The summed E-state index contributed by atoms with van der Waals surface area (Å²) in [5.41, 5.74) is 0.945. The maximum Gasteiger partial charge on any atom is 0.224 e. The number of aryl methyl sites for hydroxylation is 1. The molecule has 0 radical (unpaired) electrons. The van der Waals surface area contributed by atoms with E-state index in [1.54, 1.807) is 0 Å². The average molecular weight is 252 g/mol. The van der Waals surface area contributed by atoms with E-state index in [2.05, 4.69) is 34.4 Å². The van der Waals surface area contributed by atoms with Crippen molar-refractivity contribution in [3.8, 4) is 0 Å². The normalized spacial score (nSPS) is 12.2. The number of aromatic nitrogens is 2. The van der Waals surface area contributed by atoms with Gasteiger partial charge in [-0.25, -0.2) is 4.98 Å². The van der Waals surface area contributed by atoms with E-state index in [9.17, 15) is 0 Å². The van der Waals surface area contributed by atoms with Crippen LogP contribution in [0.15, 0.2) is 6.07 Å². The van der Waals surface area contributed by atoms with Crippen molar-refractivity contribution in [1.29, 1.82) is 0 Å². The van der Waals surface area contributed by atoms with Crippen molar-refractivity contribution in [2.75, 3.05) is 30.3 Å². The largest absolute Gasteiger partial charge is 0.396 e. The van der Waals surface area contributed by atoms with Crippen LogP contribution in [0.3, 0.4) is 0 Å². The smallest absolute Gasteiger partial charge is 0.224 e. The monoisotopic (exact) mass is 252 g/mol. The van der Waals surface area contributed by atoms with Crippen molar-refractivity contribution >= 4 is 11.8 Å². The van der Waals surface area contributed by atoms with Crippen molar-refractivity contribution < 1.29 is 5.11 Å². The van der Waals surface area contributed by atoms with Crippen LogP contribution in [0.4, 0.5) is 11.8 Å². The highest BCUT2D eigenvalue weighted by molar-refractivity contribution is 5.42. The molecule has 0 fully saturated rings. The molecule has 18 heavy (non-hydrogen) atoms. The lowest BCUT2D eigenvalue weighted by molar-refractivity contribution is 0.266. The Bertz CT molecular complexity index is 357. The number of nitrogens with one attached hydrogen (secondary N) is 2. The van der Waals surface area contributed by atoms with Gasteiger partial charge in [0, 0.05) is 31.5 Å². The molecule has 3 N–H and O–H groups in total. The van der Waals surface area contributed by atoms with E-state index in [1.807, 2.05) is 13.0 Å². The molecule has 1 heterocycles. The minimum absolute atomic E-state index is 0.231. The maximum atomic E-state index is 8.86. The van der Waals surface area contributed by atoms with Crippen LogP contribution in [0.5, 0.6) is 0 Å². The van der Waals surface area contributed by atoms with Gasteiger partial charge in [0.05, 0.1) is 0 Å². The molecule has 0 saturated heterocycles. The Morgan fingerprint density at radius 1 is 1.33 bits per heavy atom. The van der Waals surface area contributed by atoms with Crippen LogP contribution in [0.1, 0.15) is 32.4 Å². The van der Waals surface area contributed by atoms with Gasteiger partial charge in [-0.3, -0.25) is 0 Å². The molecule has 0 spiro atoms. The summed E-state index contributed by atoms with van der Waals surface area (Å²) in [6, 6.07) is 1.93. The molecule has 0 aliphatic rings. The molecule has 0 aromatic carbocycles. The summed E-state index contributed by atoms with van der Waals surface area (Å²) in [6.07, 6.45) is 1.85. The third-order valence-corrected chi connectivity index (χ3v) is 2.64. The number of rotatable bonds is 8. The predicted molar refractivity (Wildman–Crippen MR) is 74.9 cm³/mol. The van der Waals surface area contributed by atoms with Crippen LogP contribution >= 0.6 is 0 Å². The van der Waals surface area contributed by atoms with Gasteiger partial charge in [-0.1, -0.05) is 13.8 Å². The third kappa shape index (κ3) is 5.31. The first-order valence-corrected chi connectivity index (χ1v) is 6.60. The summed E-state index contributed by atoms with van der Waals surface area (Å²) >= 11 is 0. The minimum Gasteiger partial charge on any atom is -0.396 e. The number of nitrogens with zero attached hydrogens (tertiary/aromatic N) is 2. The molecule has 5 nitrogen and oxygen atoms in total. The molecule has 0 bridgehead atoms. The van der Waals surface area contributed by atoms with Crippen molar-refractivity contribution in [3.05, 3.63) is 11.8 Å². The second-order valence-corrected chi connectivity index (χ2v) is 4.64. The van der Waals surface area contributed by atoms with Gasteiger partial charge in [0.2, 0.25) is 5.95 Å². The Kier molecular flexibility index (Phi) is 6.43. The second-order valence-electron chi connectivity index (χ2n) is 4.64. The van der Waals surface area contributed by atoms with Crippen molar-refractivity contribution in [1.82, 2.24) is 9.97 Å². The average Bonchev–Trinajstić information content (AvgIpc) is 2.34. The van der Waals surface area contributed by atoms with Gasteiger partial charge >= 0.3 is 0 Å². The lowest BCUT2D eigenvalue weighted by Gasteiger charge is -2.13. The van der Waals surface area contributed by atoms with E-state index in [0.29, 0.717) is 11.9 Å². The van der Waals surface area contributed by atoms with Crippen LogP contribution in [-0.4, -0.2) is 34.8 Å². The van der Waals surface area contributed by atoms with E-state index >= 15 is 0 Å². The Hall–Kier alpha value is -1.36. The van der Waals surface area contributed by atoms with Crippen LogP contribution in [0, 0.1) is 12.8 Å². The van der Waals surface area contributed by atoms with E-state index < -0.39 is 0 Å². The first-order chi connectivity index (χ1) is 8.65. The molecular weight excluding hydrogens is 228 g/mol. The fourth-order valence-corrected chi connectivity index (χ4v) is 1.58. The maximum absolute atomic E-state index is 8.86. The zero-order valence-electron chi connectivity index (χ0n) is 11.5. The summed E-state index contributed by atoms with van der Waals surface area (Å²) in [5.74, 6) is 1.94. The summed E-state index contributed by atoms with van der Waals surface area (Å²) < 4.78 is 0. The fourth-order valence-electron chi connectivity index (χ4n) is 1.58. The summed E-state index contributed by atoms with van der Waals surface area (Å²) in [7, 11) is 0. The van der Waals surface area contributed by atoms with E-state index in [-0.39, 0.29) is 6.61 Å². The van der Waals surface area contributed by atoms with Crippen LogP contribution in [0.2, 0.25) is 0 Å². The van der Waals surface area contributed by atoms with Crippen molar-refractivity contribution in [2.24, 2.45) is 5.92 Å².